The maximum absolute atomic E-state index is 14.0. The third-order valence-corrected chi connectivity index (χ3v) is 9.36. The van der Waals surface area contributed by atoms with E-state index in [0.717, 1.165) is 55.7 Å². The fourth-order valence-electron chi connectivity index (χ4n) is 6.27. The minimum atomic E-state index is -4.61. The highest BCUT2D eigenvalue weighted by Gasteiger charge is 2.43. The van der Waals surface area contributed by atoms with Crippen LogP contribution in [0.5, 0.6) is 5.75 Å². The summed E-state index contributed by atoms with van der Waals surface area (Å²) in [5, 5.41) is 12.4. The summed E-state index contributed by atoms with van der Waals surface area (Å²) in [6.45, 7) is 7.55. The number of halogens is 3. The number of anilines is 2. The Hall–Kier alpha value is -5.15. The van der Waals surface area contributed by atoms with Gasteiger partial charge >= 0.3 is 11.9 Å². The number of rotatable bonds is 15. The number of methoxy groups -OCH3 is 1. The van der Waals surface area contributed by atoms with Gasteiger partial charge in [-0.1, -0.05) is 25.1 Å². The van der Waals surface area contributed by atoms with E-state index in [2.05, 4.69) is 25.1 Å². The van der Waals surface area contributed by atoms with Gasteiger partial charge in [-0.05, 0) is 67.9 Å². The van der Waals surface area contributed by atoms with Crippen molar-refractivity contribution in [3.8, 4) is 11.4 Å². The van der Waals surface area contributed by atoms with E-state index < -0.39 is 17.5 Å². The van der Waals surface area contributed by atoms with Crippen LogP contribution in [0.1, 0.15) is 43.9 Å². The standard InChI is InChI=1S/C37H43F3N8O4/c1-4-28(2)48-35(49)46(27-43-48)31-12-10-29(11-13-31)44-20-22-45(23-21-44)30-14-16-32(17-15-30)51-24-7-25-52-36(50-3,26-47-41-18-19-42-47)33-8-5-6-9-34(33)37(38,39)40/h5-6,8-19,27-28H,4,7,20-26H2,1-3H3. The third kappa shape index (κ3) is 8.15. The molecule has 0 saturated carbocycles. The Morgan fingerprint density at radius 1 is 0.788 bits per heavy atom. The Balaban J connectivity index is 0.993. The van der Waals surface area contributed by atoms with Crippen molar-refractivity contribution in [2.45, 2.75) is 51.2 Å². The smallest absolute Gasteiger partial charge is 0.416 e. The van der Waals surface area contributed by atoms with Crippen molar-refractivity contribution in [1.29, 1.82) is 0 Å². The molecule has 3 heterocycles. The molecule has 0 spiro atoms. The highest BCUT2D eigenvalue weighted by molar-refractivity contribution is 5.54. The van der Waals surface area contributed by atoms with E-state index in [1.165, 1.54) is 47.2 Å². The number of benzene rings is 3. The Kier molecular flexibility index (Phi) is 11.3. The second-order valence-electron chi connectivity index (χ2n) is 12.6. The molecule has 1 fully saturated rings. The van der Waals surface area contributed by atoms with Gasteiger partial charge in [0.25, 0.3) is 0 Å². The fourth-order valence-corrected chi connectivity index (χ4v) is 6.27. The van der Waals surface area contributed by atoms with E-state index in [1.54, 1.807) is 10.9 Å². The van der Waals surface area contributed by atoms with Gasteiger partial charge in [0.15, 0.2) is 0 Å². The molecule has 1 saturated heterocycles. The maximum Gasteiger partial charge on any atom is 0.416 e. The van der Waals surface area contributed by atoms with Gasteiger partial charge in [0.1, 0.15) is 18.6 Å². The first-order valence-electron chi connectivity index (χ1n) is 17.3. The largest absolute Gasteiger partial charge is 0.494 e. The topological polar surface area (TPSA) is 105 Å². The number of hydrogen-bond acceptors (Lipinski definition) is 9. The SMILES string of the molecule is CCC(C)n1ncn(-c2ccc(N3CCN(c4ccc(OCCCOC(Cn5nccn5)(OC)c5ccccc5C(F)(F)F)cc4)CC3)cc2)c1=O. The number of hydrogen-bond donors (Lipinski definition) is 0. The number of piperazine rings is 1. The molecule has 0 bridgehead atoms. The van der Waals surface area contributed by atoms with Crippen LogP contribution in [0.3, 0.4) is 0 Å². The normalized spacial score (nSPS) is 15.4. The highest BCUT2D eigenvalue weighted by Crippen LogP contribution is 2.39. The fraction of sp³-hybridized carbons (Fsp3) is 0.405. The lowest BCUT2D eigenvalue weighted by atomic mass is 9.98. The molecule has 0 aliphatic carbocycles. The average molecular weight is 721 g/mol. The quantitative estimate of drug-likeness (QED) is 0.0963. The maximum atomic E-state index is 14.0. The molecule has 12 nitrogen and oxygen atoms in total. The van der Waals surface area contributed by atoms with Crippen LogP contribution in [0.25, 0.3) is 5.69 Å². The van der Waals surface area contributed by atoms with Gasteiger partial charge in [-0.2, -0.15) is 33.3 Å². The van der Waals surface area contributed by atoms with Gasteiger partial charge < -0.3 is 24.0 Å². The van der Waals surface area contributed by atoms with Crippen LogP contribution in [0, 0.1) is 0 Å². The summed E-state index contributed by atoms with van der Waals surface area (Å²) in [6, 6.07) is 21.1. The van der Waals surface area contributed by atoms with E-state index in [9.17, 15) is 18.0 Å². The molecule has 0 radical (unpaired) electrons. The van der Waals surface area contributed by atoms with Crippen LogP contribution < -0.4 is 20.2 Å². The van der Waals surface area contributed by atoms with Gasteiger partial charge in [0, 0.05) is 56.6 Å². The zero-order valence-corrected chi connectivity index (χ0v) is 29.4. The van der Waals surface area contributed by atoms with E-state index in [1.807, 2.05) is 62.4 Å². The van der Waals surface area contributed by atoms with E-state index >= 15 is 0 Å². The summed E-state index contributed by atoms with van der Waals surface area (Å²) in [5.41, 5.74) is 1.83. The lowest BCUT2D eigenvalue weighted by molar-refractivity contribution is -0.247. The Bertz CT molecular complexity index is 1920. The van der Waals surface area contributed by atoms with Crippen LogP contribution >= 0.6 is 0 Å². The van der Waals surface area contributed by atoms with Crippen molar-refractivity contribution >= 4 is 11.4 Å². The van der Waals surface area contributed by atoms with E-state index in [4.69, 9.17) is 14.2 Å². The zero-order chi connectivity index (χ0) is 36.7. The summed E-state index contributed by atoms with van der Waals surface area (Å²) < 4.78 is 62.7. The molecule has 15 heteroatoms. The van der Waals surface area contributed by atoms with Gasteiger partial charge in [-0.3, -0.25) is 0 Å². The van der Waals surface area contributed by atoms with Gasteiger partial charge in [-0.15, -0.1) is 0 Å². The molecule has 5 aromatic rings. The monoisotopic (exact) mass is 720 g/mol. The number of nitrogens with zero attached hydrogens (tertiary/aromatic N) is 8. The molecular weight excluding hydrogens is 677 g/mol. The summed E-state index contributed by atoms with van der Waals surface area (Å²) in [4.78, 5) is 18.7. The number of alkyl halides is 3. The van der Waals surface area contributed by atoms with Crippen molar-refractivity contribution in [3.05, 3.63) is 113 Å². The summed E-state index contributed by atoms with van der Waals surface area (Å²) in [7, 11) is 1.31. The van der Waals surface area contributed by atoms with Crippen LogP contribution in [-0.4, -0.2) is 75.8 Å². The van der Waals surface area contributed by atoms with Crippen molar-refractivity contribution in [2.75, 3.05) is 56.3 Å². The second kappa shape index (κ2) is 16.0. The molecule has 6 rings (SSSR count). The minimum absolute atomic E-state index is 0.0442. The van der Waals surface area contributed by atoms with E-state index in [0.29, 0.717) is 12.2 Å². The van der Waals surface area contributed by atoms with Gasteiger partial charge in [0.05, 0.1) is 42.9 Å². The zero-order valence-electron chi connectivity index (χ0n) is 29.4. The van der Waals surface area contributed by atoms with Crippen LogP contribution in [0.4, 0.5) is 24.5 Å². The molecule has 52 heavy (non-hydrogen) atoms. The second-order valence-corrected chi connectivity index (χ2v) is 12.6. The first-order chi connectivity index (χ1) is 25.1. The molecule has 2 unspecified atom stereocenters. The van der Waals surface area contributed by atoms with Crippen LogP contribution in [0.15, 0.2) is 96.3 Å². The van der Waals surface area contributed by atoms with Gasteiger partial charge in [-0.25, -0.2) is 14.0 Å². The first-order valence-corrected chi connectivity index (χ1v) is 17.3. The molecule has 1 aliphatic heterocycles. The molecular formula is C37H43F3N8O4. The average Bonchev–Trinajstić information content (AvgIpc) is 3.83. The molecule has 0 N–H and O–H groups in total. The highest BCUT2D eigenvalue weighted by atomic mass is 19.4. The predicted octanol–water partition coefficient (Wildman–Crippen LogP) is 5.93. The lowest BCUT2D eigenvalue weighted by Crippen LogP contribution is -2.46. The van der Waals surface area contributed by atoms with Crippen LogP contribution in [0.2, 0.25) is 0 Å². The molecule has 276 valence electrons. The summed E-state index contributed by atoms with van der Waals surface area (Å²) in [5.74, 6) is -1.10. The Morgan fingerprint density at radius 3 is 1.94 bits per heavy atom. The first kappa shape index (κ1) is 36.6. The van der Waals surface area contributed by atoms with E-state index in [-0.39, 0.29) is 37.1 Å². The molecule has 2 atom stereocenters. The molecule has 2 aromatic heterocycles. The van der Waals surface area contributed by atoms with Gasteiger partial charge in [0.2, 0.25) is 5.79 Å². The molecule has 1 aliphatic rings. The van der Waals surface area contributed by atoms with Crippen LogP contribution in [-0.2, 0) is 28.0 Å². The Morgan fingerprint density at radius 2 is 1.37 bits per heavy atom. The van der Waals surface area contributed by atoms with Crippen molar-refractivity contribution in [2.24, 2.45) is 0 Å². The molecule has 0 amide bonds. The van der Waals surface area contributed by atoms with Crippen molar-refractivity contribution < 1.29 is 27.4 Å². The van der Waals surface area contributed by atoms with Crippen molar-refractivity contribution in [3.63, 3.8) is 0 Å². The third-order valence-electron chi connectivity index (χ3n) is 9.36. The summed E-state index contributed by atoms with van der Waals surface area (Å²) >= 11 is 0. The Labute approximate surface area is 299 Å². The number of aromatic nitrogens is 6. The predicted molar refractivity (Wildman–Crippen MR) is 190 cm³/mol. The van der Waals surface area contributed by atoms with Crippen molar-refractivity contribution in [1.82, 2.24) is 29.3 Å². The number of ether oxygens (including phenoxy) is 3. The lowest BCUT2D eigenvalue weighted by Gasteiger charge is -2.37. The summed E-state index contributed by atoms with van der Waals surface area (Å²) in [6.07, 6.45) is 1.07. The minimum Gasteiger partial charge on any atom is -0.494 e. The molecule has 3 aromatic carbocycles.